The fourth-order valence-electron chi connectivity index (χ4n) is 2.05. The molecule has 4 nitrogen and oxygen atoms in total. The Morgan fingerprint density at radius 3 is 2.55 bits per heavy atom. The monoisotopic (exact) mass is 401 g/mol. The SMILES string of the molecule is O=S(=O)(NC1(CBr)CCOCC1)c1cc(Cl)ccc1Cl. The fourth-order valence-corrected chi connectivity index (χ4v) is 5.16. The molecule has 1 aromatic rings. The van der Waals surface area contributed by atoms with E-state index in [0.29, 0.717) is 36.4 Å². The highest BCUT2D eigenvalue weighted by molar-refractivity contribution is 9.09. The van der Waals surface area contributed by atoms with E-state index in [4.69, 9.17) is 27.9 Å². The molecule has 8 heteroatoms. The van der Waals surface area contributed by atoms with Crippen LogP contribution in [0.3, 0.4) is 0 Å². The maximum Gasteiger partial charge on any atom is 0.242 e. The zero-order valence-electron chi connectivity index (χ0n) is 10.5. The van der Waals surface area contributed by atoms with Crippen molar-refractivity contribution in [2.75, 3.05) is 18.5 Å². The van der Waals surface area contributed by atoms with E-state index in [2.05, 4.69) is 20.7 Å². The molecule has 0 unspecified atom stereocenters. The van der Waals surface area contributed by atoms with E-state index in [1.165, 1.54) is 12.1 Å². The summed E-state index contributed by atoms with van der Waals surface area (Å²) in [6.07, 6.45) is 1.21. The molecule has 1 aromatic carbocycles. The van der Waals surface area contributed by atoms with Crippen LogP contribution in [-0.2, 0) is 14.8 Å². The summed E-state index contributed by atoms with van der Waals surface area (Å²) in [6.45, 7) is 1.05. The van der Waals surface area contributed by atoms with E-state index in [-0.39, 0.29) is 9.92 Å². The van der Waals surface area contributed by atoms with Crippen LogP contribution in [0.5, 0.6) is 0 Å². The van der Waals surface area contributed by atoms with Crippen LogP contribution >= 0.6 is 39.1 Å². The lowest BCUT2D eigenvalue weighted by molar-refractivity contribution is 0.0557. The second-order valence-corrected chi connectivity index (χ2v) is 7.76. The number of hydrogen-bond donors (Lipinski definition) is 1. The second-order valence-electron chi connectivity index (χ2n) is 4.71. The molecule has 0 aromatic heterocycles. The summed E-state index contributed by atoms with van der Waals surface area (Å²) in [5, 5.41) is 0.995. The minimum Gasteiger partial charge on any atom is -0.381 e. The van der Waals surface area contributed by atoms with Crippen molar-refractivity contribution in [3.05, 3.63) is 28.2 Å². The fraction of sp³-hybridized carbons (Fsp3) is 0.500. The van der Waals surface area contributed by atoms with Crippen LogP contribution in [0.25, 0.3) is 0 Å². The molecule has 0 saturated carbocycles. The van der Waals surface area contributed by atoms with Crippen LogP contribution in [0.4, 0.5) is 0 Å². The van der Waals surface area contributed by atoms with Gasteiger partial charge in [-0.15, -0.1) is 0 Å². The highest BCUT2D eigenvalue weighted by atomic mass is 79.9. The first kappa shape index (κ1) is 16.5. The van der Waals surface area contributed by atoms with Gasteiger partial charge in [-0.3, -0.25) is 0 Å². The van der Waals surface area contributed by atoms with Crippen LogP contribution in [-0.4, -0.2) is 32.5 Å². The van der Waals surface area contributed by atoms with Crippen molar-refractivity contribution in [3.8, 4) is 0 Å². The maximum atomic E-state index is 12.5. The molecular formula is C12H14BrCl2NO3S. The maximum absolute atomic E-state index is 12.5. The van der Waals surface area contributed by atoms with Gasteiger partial charge in [0.25, 0.3) is 0 Å². The Morgan fingerprint density at radius 2 is 1.95 bits per heavy atom. The minimum atomic E-state index is -3.74. The summed E-state index contributed by atoms with van der Waals surface area (Å²) in [5.74, 6) is 0. The lowest BCUT2D eigenvalue weighted by atomic mass is 9.94. The summed E-state index contributed by atoms with van der Waals surface area (Å²) in [6, 6.07) is 4.38. The van der Waals surface area contributed by atoms with E-state index in [0.717, 1.165) is 0 Å². The van der Waals surface area contributed by atoms with Gasteiger partial charge >= 0.3 is 0 Å². The number of hydrogen-bond acceptors (Lipinski definition) is 3. The Kier molecular flexibility index (Phi) is 5.37. The highest BCUT2D eigenvalue weighted by Crippen LogP contribution is 2.29. The first-order chi connectivity index (χ1) is 9.38. The van der Waals surface area contributed by atoms with Gasteiger partial charge in [-0.25, -0.2) is 13.1 Å². The summed E-state index contributed by atoms with van der Waals surface area (Å²) in [4.78, 5) is -0.00140. The van der Waals surface area contributed by atoms with Crippen molar-refractivity contribution < 1.29 is 13.2 Å². The van der Waals surface area contributed by atoms with Gasteiger partial charge in [0.1, 0.15) is 4.90 Å². The second kappa shape index (κ2) is 6.50. The number of nitrogens with one attached hydrogen (secondary N) is 1. The Morgan fingerprint density at radius 1 is 1.30 bits per heavy atom. The number of ether oxygens (including phenoxy) is 1. The van der Waals surface area contributed by atoms with Gasteiger partial charge in [0.2, 0.25) is 10.0 Å². The molecule has 1 saturated heterocycles. The normalized spacial score (nSPS) is 18.9. The molecule has 112 valence electrons. The summed E-state index contributed by atoms with van der Waals surface area (Å²) < 4.78 is 33.1. The highest BCUT2D eigenvalue weighted by Gasteiger charge is 2.36. The number of alkyl halides is 1. The third-order valence-corrected chi connectivity index (χ3v) is 6.61. The predicted molar refractivity (Wildman–Crippen MR) is 83.4 cm³/mol. The molecule has 0 amide bonds. The van der Waals surface area contributed by atoms with Gasteiger partial charge in [-0.05, 0) is 31.0 Å². The molecule has 20 heavy (non-hydrogen) atoms. The first-order valence-corrected chi connectivity index (χ1v) is 9.37. The van der Waals surface area contributed by atoms with Gasteiger partial charge in [0.15, 0.2) is 0 Å². The van der Waals surface area contributed by atoms with Crippen molar-refractivity contribution in [1.82, 2.24) is 4.72 Å². The van der Waals surface area contributed by atoms with Gasteiger partial charge in [0.05, 0.1) is 5.02 Å². The molecule has 2 rings (SSSR count). The third-order valence-electron chi connectivity index (χ3n) is 3.24. The van der Waals surface area contributed by atoms with Crippen molar-refractivity contribution in [2.24, 2.45) is 0 Å². The van der Waals surface area contributed by atoms with E-state index < -0.39 is 15.6 Å². The van der Waals surface area contributed by atoms with Crippen LogP contribution < -0.4 is 4.72 Å². The quantitative estimate of drug-likeness (QED) is 0.786. The Bertz CT molecular complexity index is 588. The zero-order valence-corrected chi connectivity index (χ0v) is 14.4. The largest absolute Gasteiger partial charge is 0.381 e. The van der Waals surface area contributed by atoms with Gasteiger partial charge in [-0.2, -0.15) is 0 Å². The van der Waals surface area contributed by atoms with Gasteiger partial charge < -0.3 is 4.74 Å². The minimum absolute atomic E-state index is 0.00140. The van der Waals surface area contributed by atoms with Crippen molar-refractivity contribution in [1.29, 1.82) is 0 Å². The smallest absolute Gasteiger partial charge is 0.242 e. The predicted octanol–water partition coefficient (Wildman–Crippen LogP) is 3.22. The van der Waals surface area contributed by atoms with Crippen LogP contribution in [0, 0.1) is 0 Å². The van der Waals surface area contributed by atoms with Crippen LogP contribution in [0.15, 0.2) is 23.1 Å². The number of benzene rings is 1. The third kappa shape index (κ3) is 3.67. The summed E-state index contributed by atoms with van der Waals surface area (Å²) >= 11 is 15.2. The lowest BCUT2D eigenvalue weighted by Crippen LogP contribution is -2.53. The van der Waals surface area contributed by atoms with Gasteiger partial charge in [-0.1, -0.05) is 39.1 Å². The van der Waals surface area contributed by atoms with Crippen molar-refractivity contribution >= 4 is 49.2 Å². The van der Waals surface area contributed by atoms with Crippen LogP contribution in [0.2, 0.25) is 10.0 Å². The molecule has 0 bridgehead atoms. The first-order valence-electron chi connectivity index (χ1n) is 6.01. The Labute approximate surface area is 137 Å². The lowest BCUT2D eigenvalue weighted by Gasteiger charge is -2.36. The standard InChI is InChI=1S/C12H14BrCl2NO3S/c13-8-12(3-5-19-6-4-12)16-20(17,18)11-7-9(14)1-2-10(11)15/h1-2,7,16H,3-6,8H2. The van der Waals surface area contributed by atoms with E-state index in [1.807, 2.05) is 0 Å². The molecule has 1 aliphatic heterocycles. The number of sulfonamides is 1. The molecular weight excluding hydrogens is 389 g/mol. The average Bonchev–Trinajstić information content (AvgIpc) is 2.42. The molecule has 1 heterocycles. The van der Waals surface area contributed by atoms with Crippen molar-refractivity contribution in [3.63, 3.8) is 0 Å². The van der Waals surface area contributed by atoms with E-state index in [9.17, 15) is 8.42 Å². The Balaban J connectivity index is 2.32. The van der Waals surface area contributed by atoms with E-state index >= 15 is 0 Å². The number of rotatable bonds is 4. The van der Waals surface area contributed by atoms with Crippen molar-refractivity contribution in [2.45, 2.75) is 23.3 Å². The molecule has 1 aliphatic rings. The molecule has 1 N–H and O–H groups in total. The van der Waals surface area contributed by atoms with E-state index in [1.54, 1.807) is 6.07 Å². The van der Waals surface area contributed by atoms with Gasteiger partial charge in [0, 0.05) is 29.1 Å². The zero-order chi connectivity index (χ0) is 14.8. The average molecular weight is 403 g/mol. The topological polar surface area (TPSA) is 55.4 Å². The van der Waals surface area contributed by atoms with Crippen LogP contribution in [0.1, 0.15) is 12.8 Å². The molecule has 0 atom stereocenters. The molecule has 0 aliphatic carbocycles. The summed E-state index contributed by atoms with van der Waals surface area (Å²) in [7, 11) is -3.74. The summed E-state index contributed by atoms with van der Waals surface area (Å²) in [5.41, 5.74) is -0.553. The molecule has 0 spiro atoms. The number of halogens is 3. The molecule has 0 radical (unpaired) electrons. The molecule has 1 fully saturated rings. The Hall–Kier alpha value is 0.150.